The van der Waals surface area contributed by atoms with E-state index in [0.29, 0.717) is 13.1 Å². The maximum atomic E-state index is 6.16. The molecule has 0 radical (unpaired) electrons. The zero-order chi connectivity index (χ0) is 87.7. The summed E-state index contributed by atoms with van der Waals surface area (Å²) in [6.45, 7) is 7.01. The smallest absolute Gasteiger partial charge is 0.135 e. The minimum Gasteiger partial charge on any atom is -0.456 e. The normalized spacial score (nSPS) is 11.4. The molecule has 0 aliphatic carbocycles. The Bertz CT molecular complexity index is 6580. The molecular weight excluding hydrogens is 1620 g/mol. The van der Waals surface area contributed by atoms with E-state index in [1.807, 2.05) is 34.0 Å². The van der Waals surface area contributed by atoms with Crippen LogP contribution in [-0.4, -0.2) is 32.7 Å². The van der Waals surface area contributed by atoms with E-state index < -0.39 is 0 Å². The van der Waals surface area contributed by atoms with Gasteiger partial charge in [-0.2, -0.15) is 0 Å². The summed E-state index contributed by atoms with van der Waals surface area (Å²) in [4.78, 5) is 0. The molecule has 0 saturated heterocycles. The number of thiophene rings is 3. The van der Waals surface area contributed by atoms with Crippen molar-refractivity contribution in [3.05, 3.63) is 384 Å². The second-order valence-corrected chi connectivity index (χ2v) is 36.9. The van der Waals surface area contributed by atoms with Crippen LogP contribution in [0.4, 0.5) is 0 Å². The predicted molar refractivity (Wildman–Crippen MR) is 556 cm³/mol. The third-order valence-corrected chi connectivity index (χ3v) is 28.1. The van der Waals surface area contributed by atoms with Crippen molar-refractivity contribution in [1.82, 2.24) is 0 Å². The second kappa shape index (κ2) is 42.1. The fourth-order valence-corrected chi connectivity index (χ4v) is 20.8. The molecule has 4 heterocycles. The lowest BCUT2D eigenvalue weighted by Gasteiger charge is -2.07. The van der Waals surface area contributed by atoms with Gasteiger partial charge in [-0.1, -0.05) is 244 Å². The third-order valence-electron chi connectivity index (χ3n) is 24.7. The second-order valence-electron chi connectivity index (χ2n) is 33.7. The lowest BCUT2D eigenvalue weighted by molar-refractivity contribution is 0.669. The van der Waals surface area contributed by atoms with Crippen molar-refractivity contribution < 1.29 is 4.42 Å². The molecule has 0 aliphatic rings. The molecule has 0 aliphatic heterocycles. The summed E-state index contributed by atoms with van der Waals surface area (Å²) in [7, 11) is 0. The number of aryl methyl sites for hydroxylation is 6. The Labute approximate surface area is 764 Å². The molecule has 0 fully saturated rings. The molecule has 0 bridgehead atoms. The van der Waals surface area contributed by atoms with Crippen molar-refractivity contribution in [3.63, 3.8) is 0 Å². The van der Waals surface area contributed by atoms with Gasteiger partial charge in [0.25, 0.3) is 0 Å². The number of hydrogen-bond donors (Lipinski definition) is 7. The molecule has 14 N–H and O–H groups in total. The van der Waals surface area contributed by atoms with Gasteiger partial charge in [0.2, 0.25) is 0 Å². The lowest BCUT2D eigenvalue weighted by Crippen LogP contribution is -2.00. The highest BCUT2D eigenvalue weighted by molar-refractivity contribution is 7.26. The first-order chi connectivity index (χ1) is 63.0. The number of unbranched alkanes of at least 4 members (excludes halogenated alkanes) is 1. The van der Waals surface area contributed by atoms with Crippen LogP contribution in [0.5, 0.6) is 0 Å². The highest BCUT2D eigenvalue weighted by Crippen LogP contribution is 2.44. The number of hydrogen-bond acceptors (Lipinski definition) is 11. The Morgan fingerprint density at radius 3 is 0.641 bits per heavy atom. The Hall–Kier alpha value is -12.3. The molecule has 20 aromatic rings. The van der Waals surface area contributed by atoms with Crippen molar-refractivity contribution in [2.75, 3.05) is 32.7 Å². The summed E-state index contributed by atoms with van der Waals surface area (Å²) in [5.74, 6) is 0. The standard InChI is InChI=1S/C31H31NS.C30H30N2O.C30H30N2S.C26H22N2S/c1-2-3-5-22-7-11-24(12-8-22)26-15-17-30-28(20-26)29-21-27(16-18-31(29)33-30)25-13-9-23(10-14-25)6-4-19-32;2*31-15-3-7-21-5-1-9-23(17-21)25-11-13-29-27(19-25)28-20-26(12-14-30(28)33-29)24-10-2-6-22(18-24)8-4-16-32;27-15-17-3-1-5-19(11-17)21-7-9-25-23(13-21)24-14-22(8-10-26(24)29-25)20-6-2-4-18(12-20)16-28/h7-18,20-21H,2-6,19,32H2,1H3;2*1-2,5-6,9-14,17-20H,3-4,7-8,15-16,31-32H2;1-14H,15-16,27-28H2. The quantitative estimate of drug-likeness (QED) is 0.0252. The van der Waals surface area contributed by atoms with Crippen molar-refractivity contribution >= 4 is 116 Å². The maximum absolute atomic E-state index is 6.16. The molecule has 16 aromatic carbocycles. The summed E-state index contributed by atoms with van der Waals surface area (Å²) in [5, 5.41) is 10.3. The maximum Gasteiger partial charge on any atom is 0.135 e. The topological polar surface area (TPSA) is 195 Å². The minimum atomic E-state index is 0.558. The lowest BCUT2D eigenvalue weighted by atomic mass is 9.97. The largest absolute Gasteiger partial charge is 0.456 e. The number of furan rings is 1. The number of fused-ring (bicyclic) bond motifs is 12. The highest BCUT2D eigenvalue weighted by Gasteiger charge is 2.17. The summed E-state index contributed by atoms with van der Waals surface area (Å²) < 4.78 is 14.2. The molecule has 640 valence electrons. The van der Waals surface area contributed by atoms with E-state index in [-0.39, 0.29) is 0 Å². The van der Waals surface area contributed by atoms with Crippen molar-refractivity contribution in [1.29, 1.82) is 0 Å². The van der Waals surface area contributed by atoms with E-state index in [9.17, 15) is 0 Å². The van der Waals surface area contributed by atoms with Crippen LogP contribution in [0.3, 0.4) is 0 Å². The van der Waals surface area contributed by atoms with E-state index in [2.05, 4.69) is 347 Å². The average Bonchev–Trinajstić information content (AvgIpc) is 1.62. The molecule has 20 rings (SSSR count). The monoisotopic (exact) mass is 1730 g/mol. The third kappa shape index (κ3) is 20.8. The Morgan fingerprint density at radius 2 is 0.391 bits per heavy atom. The van der Waals surface area contributed by atoms with Crippen LogP contribution in [0.15, 0.2) is 344 Å². The van der Waals surface area contributed by atoms with E-state index >= 15 is 0 Å². The van der Waals surface area contributed by atoms with E-state index in [0.717, 1.165) is 130 Å². The van der Waals surface area contributed by atoms with Gasteiger partial charge in [-0.15, -0.1) is 34.0 Å². The van der Waals surface area contributed by atoms with Gasteiger partial charge in [-0.05, 0) is 352 Å². The van der Waals surface area contributed by atoms with Gasteiger partial charge >= 0.3 is 0 Å². The van der Waals surface area contributed by atoms with Gasteiger partial charge in [-0.25, -0.2) is 0 Å². The van der Waals surface area contributed by atoms with Crippen LogP contribution < -0.4 is 40.1 Å². The van der Waals surface area contributed by atoms with Gasteiger partial charge in [0, 0.05) is 84.4 Å². The van der Waals surface area contributed by atoms with Gasteiger partial charge in [0.05, 0.1) is 0 Å². The molecule has 8 nitrogen and oxygen atoms in total. The average molecular weight is 1730 g/mol. The molecule has 0 atom stereocenters. The Morgan fingerprint density at radius 1 is 0.188 bits per heavy atom. The van der Waals surface area contributed by atoms with Gasteiger partial charge in [-0.3, -0.25) is 0 Å². The van der Waals surface area contributed by atoms with Crippen LogP contribution in [0.1, 0.15) is 96.4 Å². The molecule has 128 heavy (non-hydrogen) atoms. The van der Waals surface area contributed by atoms with E-state index in [1.54, 1.807) is 0 Å². The number of benzene rings is 16. The van der Waals surface area contributed by atoms with Gasteiger partial charge in [0.1, 0.15) is 11.2 Å². The molecule has 11 heteroatoms. The van der Waals surface area contributed by atoms with Crippen molar-refractivity contribution in [3.8, 4) is 89.0 Å². The Balaban J connectivity index is 0.000000120. The number of rotatable bonds is 28. The SMILES string of the molecule is CCCCc1ccc(-c2ccc3sc4ccc(-c5ccc(CCCN)cc5)cc4c3c2)cc1.NCCCc1cccc(-c2ccc3oc4ccc(-c5cccc(CCCN)c5)cc4c3c2)c1.NCCCc1cccc(-c2ccc3sc4ccc(-c5cccc(CCCN)c5)cc4c3c2)c1.NCc1cccc(-c2ccc3sc4ccc(-c5cccc(CN)c5)cc4c3c2)c1. The van der Waals surface area contributed by atoms with Crippen molar-refractivity contribution in [2.24, 2.45) is 40.1 Å². The van der Waals surface area contributed by atoms with Crippen molar-refractivity contribution in [2.45, 2.75) is 103 Å². The van der Waals surface area contributed by atoms with Crippen LogP contribution in [0.2, 0.25) is 0 Å². The van der Waals surface area contributed by atoms with Crippen LogP contribution >= 0.6 is 34.0 Å². The summed E-state index contributed by atoms with van der Waals surface area (Å²) in [6, 6.07) is 124. The van der Waals surface area contributed by atoms with Gasteiger partial charge in [0.15, 0.2) is 0 Å². The fourth-order valence-electron chi connectivity index (χ4n) is 17.6. The van der Waals surface area contributed by atoms with Crippen LogP contribution in [0.25, 0.3) is 171 Å². The first kappa shape index (κ1) is 87.8. The fraction of sp³-hybridized carbons (Fsp3) is 0.179. The first-order valence-corrected chi connectivity index (χ1v) is 48.0. The molecular formula is C117H113N7OS3. The molecule has 4 aromatic heterocycles. The first-order valence-electron chi connectivity index (χ1n) is 45.5. The highest BCUT2D eigenvalue weighted by atomic mass is 32.1. The number of nitrogens with two attached hydrogens (primary N) is 7. The summed E-state index contributed by atoms with van der Waals surface area (Å²) in [6.07, 6.45) is 13.9. The summed E-state index contributed by atoms with van der Waals surface area (Å²) in [5.41, 5.74) is 72.4. The van der Waals surface area contributed by atoms with E-state index in [1.165, 1.54) is 202 Å². The molecule has 0 amide bonds. The molecule has 0 saturated carbocycles. The minimum absolute atomic E-state index is 0.558. The zero-order valence-corrected chi connectivity index (χ0v) is 75.6. The van der Waals surface area contributed by atoms with Crippen LogP contribution in [-0.2, 0) is 51.6 Å². The van der Waals surface area contributed by atoms with Gasteiger partial charge < -0.3 is 44.6 Å². The predicted octanol–water partition coefficient (Wildman–Crippen LogP) is 28.8. The summed E-state index contributed by atoms with van der Waals surface area (Å²) >= 11 is 5.60. The van der Waals surface area contributed by atoms with Crippen LogP contribution in [0, 0.1) is 0 Å². The Kier molecular flexibility index (Phi) is 28.9. The molecule has 0 spiro atoms. The molecule has 0 unspecified atom stereocenters. The van der Waals surface area contributed by atoms with E-state index in [4.69, 9.17) is 44.6 Å². The zero-order valence-electron chi connectivity index (χ0n) is 73.1.